The van der Waals surface area contributed by atoms with Crippen molar-refractivity contribution in [2.45, 2.75) is 39.8 Å². The third-order valence-electron chi connectivity index (χ3n) is 4.70. The number of amides is 1. The zero-order chi connectivity index (χ0) is 17.1. The summed E-state index contributed by atoms with van der Waals surface area (Å²) in [5, 5.41) is 4.72. The van der Waals surface area contributed by atoms with Crippen LogP contribution in [-0.4, -0.2) is 40.3 Å². The number of hydrogen-bond acceptors (Lipinski definition) is 3. The highest BCUT2D eigenvalue weighted by molar-refractivity contribution is 5.76. The zero-order valence-corrected chi connectivity index (χ0v) is 14.7. The zero-order valence-electron chi connectivity index (χ0n) is 14.7. The van der Waals surface area contributed by atoms with E-state index in [-0.39, 0.29) is 11.9 Å². The van der Waals surface area contributed by atoms with Gasteiger partial charge in [-0.15, -0.1) is 0 Å². The van der Waals surface area contributed by atoms with Crippen molar-refractivity contribution in [2.75, 3.05) is 19.8 Å². The highest BCUT2D eigenvalue weighted by atomic mass is 16.5. The number of carbonyl (C=O) groups excluding carboxylic acids is 1. The molecule has 0 radical (unpaired) electrons. The van der Waals surface area contributed by atoms with Crippen molar-refractivity contribution in [3.8, 4) is 0 Å². The van der Waals surface area contributed by atoms with E-state index in [0.717, 1.165) is 23.5 Å². The maximum absolute atomic E-state index is 12.3. The molecule has 2 aromatic rings. The number of benzene rings is 1. The van der Waals surface area contributed by atoms with Crippen LogP contribution in [0.2, 0.25) is 0 Å². The molecule has 24 heavy (non-hydrogen) atoms. The van der Waals surface area contributed by atoms with Crippen LogP contribution < -0.4 is 0 Å². The molecule has 3 rings (SSSR count). The van der Waals surface area contributed by atoms with Gasteiger partial charge in [0.05, 0.1) is 31.5 Å². The molecule has 0 aliphatic carbocycles. The van der Waals surface area contributed by atoms with Crippen molar-refractivity contribution >= 4 is 5.91 Å². The molecule has 0 N–H and O–H groups in total. The molecule has 0 spiro atoms. The molecule has 1 aliphatic rings. The van der Waals surface area contributed by atoms with Crippen LogP contribution in [0.1, 0.15) is 41.9 Å². The predicted molar refractivity (Wildman–Crippen MR) is 92.8 cm³/mol. The van der Waals surface area contributed by atoms with Crippen LogP contribution in [0.25, 0.3) is 0 Å². The molecule has 2 heterocycles. The van der Waals surface area contributed by atoms with E-state index >= 15 is 0 Å². The van der Waals surface area contributed by atoms with Gasteiger partial charge in [0.25, 0.3) is 0 Å². The van der Waals surface area contributed by atoms with Crippen molar-refractivity contribution in [3.05, 3.63) is 52.8 Å². The lowest BCUT2D eigenvalue weighted by Crippen LogP contribution is -2.43. The van der Waals surface area contributed by atoms with Crippen LogP contribution in [0, 0.1) is 13.8 Å². The Morgan fingerprint density at radius 1 is 1.29 bits per heavy atom. The van der Waals surface area contributed by atoms with Gasteiger partial charge in [0.15, 0.2) is 0 Å². The number of nitrogens with zero attached hydrogens (tertiary/aromatic N) is 3. The minimum atomic E-state index is -0.0317. The van der Waals surface area contributed by atoms with Gasteiger partial charge in [0.1, 0.15) is 0 Å². The van der Waals surface area contributed by atoms with Gasteiger partial charge in [-0.1, -0.05) is 37.3 Å². The number of morpholine rings is 1. The smallest absolute Gasteiger partial charge is 0.222 e. The maximum Gasteiger partial charge on any atom is 0.222 e. The molecule has 1 amide bonds. The minimum absolute atomic E-state index is 0.0317. The summed E-state index contributed by atoms with van der Waals surface area (Å²) in [5.74, 6) is 0.179. The Balaban J connectivity index is 1.91. The summed E-state index contributed by atoms with van der Waals surface area (Å²) in [6.45, 7) is 8.56. The fraction of sp³-hybridized carbons (Fsp3) is 0.474. The standard InChI is InChI=1S/C19H25N3O2/c1-4-18(23)21-10-11-24-13-17(21)19-14(2)20-22(15(19)3)12-16-8-6-5-7-9-16/h5-9,17H,4,10-13H2,1-3H3/t17-/m1/s1. The summed E-state index contributed by atoms with van der Waals surface area (Å²) < 4.78 is 7.70. The van der Waals surface area contributed by atoms with Crippen molar-refractivity contribution in [1.82, 2.24) is 14.7 Å². The van der Waals surface area contributed by atoms with E-state index < -0.39 is 0 Å². The molecule has 0 saturated carbocycles. The average molecular weight is 327 g/mol. The number of rotatable bonds is 4. The first-order chi connectivity index (χ1) is 11.6. The lowest BCUT2D eigenvalue weighted by atomic mass is 10.0. The van der Waals surface area contributed by atoms with E-state index in [1.165, 1.54) is 5.56 Å². The Morgan fingerprint density at radius 2 is 2.04 bits per heavy atom. The van der Waals surface area contributed by atoms with Gasteiger partial charge < -0.3 is 9.64 Å². The predicted octanol–water partition coefficient (Wildman–Crippen LogP) is 2.86. The molecule has 1 atom stereocenters. The Labute approximate surface area is 143 Å². The van der Waals surface area contributed by atoms with E-state index in [2.05, 4.69) is 19.1 Å². The van der Waals surface area contributed by atoms with Gasteiger partial charge in [-0.2, -0.15) is 5.10 Å². The molecule has 5 nitrogen and oxygen atoms in total. The molecule has 5 heteroatoms. The van der Waals surface area contributed by atoms with Crippen LogP contribution in [0.3, 0.4) is 0 Å². The summed E-state index contributed by atoms with van der Waals surface area (Å²) in [6.07, 6.45) is 0.521. The highest BCUT2D eigenvalue weighted by Crippen LogP contribution is 2.30. The van der Waals surface area contributed by atoms with Gasteiger partial charge in [-0.05, 0) is 19.4 Å². The quantitative estimate of drug-likeness (QED) is 0.867. The second-order valence-corrected chi connectivity index (χ2v) is 6.26. The van der Waals surface area contributed by atoms with Gasteiger partial charge in [-0.25, -0.2) is 0 Å². The van der Waals surface area contributed by atoms with Crippen molar-refractivity contribution < 1.29 is 9.53 Å². The Bertz CT molecular complexity index is 709. The molecule has 1 fully saturated rings. The van der Waals surface area contributed by atoms with Crippen molar-refractivity contribution in [2.24, 2.45) is 0 Å². The van der Waals surface area contributed by atoms with Gasteiger partial charge in [0.2, 0.25) is 5.91 Å². The number of aryl methyl sites for hydroxylation is 1. The Kier molecular flexibility index (Phi) is 5.00. The molecule has 1 aliphatic heterocycles. The fourth-order valence-corrected chi connectivity index (χ4v) is 3.45. The first kappa shape index (κ1) is 16.7. The van der Waals surface area contributed by atoms with E-state index in [4.69, 9.17) is 9.84 Å². The number of aromatic nitrogens is 2. The Morgan fingerprint density at radius 3 is 2.75 bits per heavy atom. The fourth-order valence-electron chi connectivity index (χ4n) is 3.45. The van der Waals surface area contributed by atoms with Crippen LogP contribution in [-0.2, 0) is 16.1 Å². The molecule has 1 saturated heterocycles. The third-order valence-corrected chi connectivity index (χ3v) is 4.70. The monoisotopic (exact) mass is 327 g/mol. The molecule has 128 valence electrons. The Hall–Kier alpha value is -2.14. The number of ether oxygens (including phenoxy) is 1. The van der Waals surface area contributed by atoms with Crippen molar-refractivity contribution in [1.29, 1.82) is 0 Å². The third kappa shape index (κ3) is 3.22. The number of carbonyl (C=O) groups is 1. The molecule has 1 aromatic heterocycles. The lowest BCUT2D eigenvalue weighted by molar-refractivity contribution is -0.139. The van der Waals surface area contributed by atoms with Crippen molar-refractivity contribution in [3.63, 3.8) is 0 Å². The largest absolute Gasteiger partial charge is 0.377 e. The van der Waals surface area contributed by atoms with Crippen LogP contribution in [0.4, 0.5) is 0 Å². The first-order valence-electron chi connectivity index (χ1n) is 8.56. The SMILES string of the molecule is CCC(=O)N1CCOC[C@@H]1c1c(C)nn(Cc2ccccc2)c1C. The topological polar surface area (TPSA) is 47.4 Å². The first-order valence-corrected chi connectivity index (χ1v) is 8.56. The van der Waals surface area contributed by atoms with E-state index in [1.54, 1.807) is 0 Å². The van der Waals surface area contributed by atoms with Gasteiger partial charge >= 0.3 is 0 Å². The second kappa shape index (κ2) is 7.18. The number of hydrogen-bond donors (Lipinski definition) is 0. The van der Waals surface area contributed by atoms with Gasteiger partial charge in [0, 0.05) is 24.2 Å². The summed E-state index contributed by atoms with van der Waals surface area (Å²) in [5.41, 5.74) is 4.44. The highest BCUT2D eigenvalue weighted by Gasteiger charge is 2.31. The van der Waals surface area contributed by atoms with E-state index in [9.17, 15) is 4.79 Å². The normalized spacial score (nSPS) is 18.0. The molecule has 0 bridgehead atoms. The molecular formula is C19H25N3O2. The van der Waals surface area contributed by atoms with Crippen LogP contribution >= 0.6 is 0 Å². The van der Waals surface area contributed by atoms with Crippen LogP contribution in [0.15, 0.2) is 30.3 Å². The molecular weight excluding hydrogens is 302 g/mol. The molecule has 1 aromatic carbocycles. The lowest BCUT2D eigenvalue weighted by Gasteiger charge is -2.36. The van der Waals surface area contributed by atoms with Gasteiger partial charge in [-0.3, -0.25) is 9.48 Å². The molecule has 0 unspecified atom stereocenters. The second-order valence-electron chi connectivity index (χ2n) is 6.26. The summed E-state index contributed by atoms with van der Waals surface area (Å²) >= 11 is 0. The summed E-state index contributed by atoms with van der Waals surface area (Å²) in [4.78, 5) is 14.3. The van der Waals surface area contributed by atoms with Crippen LogP contribution in [0.5, 0.6) is 0 Å². The summed E-state index contributed by atoms with van der Waals surface area (Å²) in [6, 6.07) is 10.3. The minimum Gasteiger partial charge on any atom is -0.377 e. The summed E-state index contributed by atoms with van der Waals surface area (Å²) in [7, 11) is 0. The van der Waals surface area contributed by atoms with E-state index in [0.29, 0.717) is 26.2 Å². The average Bonchev–Trinajstić information content (AvgIpc) is 2.88. The van der Waals surface area contributed by atoms with E-state index in [1.807, 2.05) is 41.6 Å². The maximum atomic E-state index is 12.3.